The lowest BCUT2D eigenvalue weighted by Crippen LogP contribution is -2.00. The molecule has 1 heterocycles. The Kier molecular flexibility index (Phi) is 1.89. The lowest BCUT2D eigenvalue weighted by atomic mass is 10.1. The molecule has 12 heavy (non-hydrogen) atoms. The fraction of sp³-hybridized carbons (Fsp3) is 0.222. The largest absolute Gasteiger partial charge is 0.426 e. The fourth-order valence-corrected chi connectivity index (χ4v) is 1.76. The second kappa shape index (κ2) is 2.90. The van der Waals surface area contributed by atoms with E-state index in [4.69, 9.17) is 4.74 Å². The van der Waals surface area contributed by atoms with E-state index < -0.39 is 0 Å². The first kappa shape index (κ1) is 7.80. The number of carbonyl (C=O) groups is 1. The average Bonchev–Trinajstić information content (AvgIpc) is 2.44. The minimum absolute atomic E-state index is 0.154. The number of fused-ring (bicyclic) bond motifs is 1. The first-order valence-electron chi connectivity index (χ1n) is 3.68. The van der Waals surface area contributed by atoms with Crippen LogP contribution >= 0.6 is 15.9 Å². The van der Waals surface area contributed by atoms with Crippen LogP contribution in [-0.2, 0) is 16.5 Å². The Morgan fingerprint density at radius 3 is 3.08 bits per heavy atom. The predicted molar refractivity (Wildman–Crippen MR) is 48.4 cm³/mol. The Morgan fingerprint density at radius 2 is 2.33 bits per heavy atom. The summed E-state index contributed by atoms with van der Waals surface area (Å²) in [6.45, 7) is 0. The summed E-state index contributed by atoms with van der Waals surface area (Å²) < 4.78 is 5.06. The van der Waals surface area contributed by atoms with Gasteiger partial charge in [-0.25, -0.2) is 0 Å². The van der Waals surface area contributed by atoms with E-state index in [2.05, 4.69) is 15.9 Å². The number of hydrogen-bond donors (Lipinski definition) is 0. The smallest absolute Gasteiger partial charge is 0.315 e. The Bertz CT molecular complexity index is 333. The third-order valence-electron chi connectivity index (χ3n) is 1.87. The Labute approximate surface area is 78.7 Å². The summed E-state index contributed by atoms with van der Waals surface area (Å²) in [5.41, 5.74) is 2.04. The monoisotopic (exact) mass is 226 g/mol. The molecule has 0 unspecified atom stereocenters. The van der Waals surface area contributed by atoms with Gasteiger partial charge < -0.3 is 4.74 Å². The van der Waals surface area contributed by atoms with Gasteiger partial charge in [0.1, 0.15) is 5.75 Å². The number of hydrogen-bond acceptors (Lipinski definition) is 2. The van der Waals surface area contributed by atoms with Crippen LogP contribution in [-0.4, -0.2) is 5.97 Å². The fourth-order valence-electron chi connectivity index (χ4n) is 1.32. The third-order valence-corrected chi connectivity index (χ3v) is 2.48. The van der Waals surface area contributed by atoms with E-state index >= 15 is 0 Å². The maximum atomic E-state index is 10.9. The Balaban J connectivity index is 2.51. The topological polar surface area (TPSA) is 26.3 Å². The van der Waals surface area contributed by atoms with Crippen molar-refractivity contribution in [3.05, 3.63) is 29.3 Å². The van der Waals surface area contributed by atoms with Crippen molar-refractivity contribution in [1.82, 2.24) is 0 Å². The first-order valence-corrected chi connectivity index (χ1v) is 4.81. The molecular weight excluding hydrogens is 220 g/mol. The lowest BCUT2D eigenvalue weighted by molar-refractivity contribution is -0.131. The molecule has 0 fully saturated rings. The number of benzene rings is 1. The normalized spacial score (nSPS) is 14.2. The van der Waals surface area contributed by atoms with Crippen LogP contribution in [0, 0.1) is 0 Å². The predicted octanol–water partition coefficient (Wildman–Crippen LogP) is 2.04. The van der Waals surface area contributed by atoms with Gasteiger partial charge in [-0.3, -0.25) is 4.79 Å². The molecule has 2 rings (SSSR count). The van der Waals surface area contributed by atoms with Gasteiger partial charge in [0.25, 0.3) is 0 Å². The van der Waals surface area contributed by atoms with Gasteiger partial charge in [-0.05, 0) is 0 Å². The standard InChI is InChI=1S/C9H7BrO2/c10-5-7-3-1-2-6-4-8(11)12-9(6)7/h1-3H,4-5H2. The average molecular weight is 227 g/mol. The molecule has 1 aromatic rings. The van der Waals surface area contributed by atoms with Gasteiger partial charge in [0, 0.05) is 16.5 Å². The van der Waals surface area contributed by atoms with Crippen LogP contribution < -0.4 is 4.74 Å². The van der Waals surface area contributed by atoms with Crippen molar-refractivity contribution in [3.8, 4) is 5.75 Å². The first-order chi connectivity index (χ1) is 5.81. The van der Waals surface area contributed by atoms with Crippen molar-refractivity contribution >= 4 is 21.9 Å². The zero-order valence-corrected chi connectivity index (χ0v) is 7.93. The van der Waals surface area contributed by atoms with Crippen LogP contribution in [0.3, 0.4) is 0 Å². The molecule has 0 saturated carbocycles. The van der Waals surface area contributed by atoms with Crippen LogP contribution in [0.1, 0.15) is 11.1 Å². The van der Waals surface area contributed by atoms with Crippen molar-refractivity contribution in [2.24, 2.45) is 0 Å². The second-order valence-electron chi connectivity index (χ2n) is 2.69. The summed E-state index contributed by atoms with van der Waals surface area (Å²) in [5.74, 6) is 0.595. The highest BCUT2D eigenvalue weighted by molar-refractivity contribution is 9.08. The van der Waals surface area contributed by atoms with E-state index in [0.717, 1.165) is 22.2 Å². The van der Waals surface area contributed by atoms with Crippen LogP contribution in [0.5, 0.6) is 5.75 Å². The molecule has 0 atom stereocenters. The van der Waals surface area contributed by atoms with Gasteiger partial charge in [-0.15, -0.1) is 0 Å². The van der Waals surface area contributed by atoms with Crippen LogP contribution in [0.2, 0.25) is 0 Å². The molecule has 0 saturated heterocycles. The minimum atomic E-state index is -0.154. The number of halogens is 1. The summed E-state index contributed by atoms with van der Waals surface area (Å²) in [4.78, 5) is 10.9. The zero-order chi connectivity index (χ0) is 8.55. The van der Waals surface area contributed by atoms with Gasteiger partial charge in [0.2, 0.25) is 0 Å². The minimum Gasteiger partial charge on any atom is -0.426 e. The maximum absolute atomic E-state index is 10.9. The summed E-state index contributed by atoms with van der Waals surface area (Å²) in [7, 11) is 0. The summed E-state index contributed by atoms with van der Waals surface area (Å²) in [6, 6.07) is 5.82. The molecule has 0 amide bonds. The molecule has 1 aromatic carbocycles. The lowest BCUT2D eigenvalue weighted by Gasteiger charge is -2.01. The molecule has 1 aliphatic heterocycles. The molecule has 3 heteroatoms. The molecule has 0 spiro atoms. The van der Waals surface area contributed by atoms with E-state index in [9.17, 15) is 4.79 Å². The van der Waals surface area contributed by atoms with Crippen molar-refractivity contribution in [1.29, 1.82) is 0 Å². The molecule has 0 aliphatic carbocycles. The number of esters is 1. The summed E-state index contributed by atoms with van der Waals surface area (Å²) in [5, 5.41) is 0.726. The van der Waals surface area contributed by atoms with Gasteiger partial charge in [0.15, 0.2) is 0 Å². The van der Waals surface area contributed by atoms with Crippen LogP contribution in [0.25, 0.3) is 0 Å². The molecule has 0 radical (unpaired) electrons. The van der Waals surface area contributed by atoms with Crippen LogP contribution in [0.4, 0.5) is 0 Å². The summed E-state index contributed by atoms with van der Waals surface area (Å²) >= 11 is 3.34. The number of rotatable bonds is 1. The highest BCUT2D eigenvalue weighted by Crippen LogP contribution is 2.31. The second-order valence-corrected chi connectivity index (χ2v) is 3.25. The molecule has 0 aromatic heterocycles. The quantitative estimate of drug-likeness (QED) is 0.417. The van der Waals surface area contributed by atoms with Gasteiger partial charge in [-0.2, -0.15) is 0 Å². The number of carbonyl (C=O) groups excluding carboxylic acids is 1. The van der Waals surface area contributed by atoms with Crippen LogP contribution in [0.15, 0.2) is 18.2 Å². The molecule has 2 nitrogen and oxygen atoms in total. The van der Waals surface area contributed by atoms with Crippen molar-refractivity contribution in [2.45, 2.75) is 11.8 Å². The number of alkyl halides is 1. The molecular formula is C9H7BrO2. The number of ether oxygens (including phenoxy) is 1. The van der Waals surface area contributed by atoms with Gasteiger partial charge in [0.05, 0.1) is 6.42 Å². The Morgan fingerprint density at radius 1 is 1.50 bits per heavy atom. The van der Waals surface area contributed by atoms with E-state index in [1.54, 1.807) is 0 Å². The van der Waals surface area contributed by atoms with E-state index in [0.29, 0.717) is 6.42 Å². The molecule has 0 N–H and O–H groups in total. The maximum Gasteiger partial charge on any atom is 0.315 e. The molecule has 1 aliphatic rings. The van der Waals surface area contributed by atoms with Crippen molar-refractivity contribution in [3.63, 3.8) is 0 Å². The van der Waals surface area contributed by atoms with E-state index in [1.165, 1.54) is 0 Å². The molecule has 62 valence electrons. The molecule has 0 bridgehead atoms. The van der Waals surface area contributed by atoms with Gasteiger partial charge >= 0.3 is 5.97 Å². The SMILES string of the molecule is O=C1Cc2cccc(CBr)c2O1. The van der Waals surface area contributed by atoms with E-state index in [-0.39, 0.29) is 5.97 Å². The highest BCUT2D eigenvalue weighted by atomic mass is 79.9. The van der Waals surface area contributed by atoms with E-state index in [1.807, 2.05) is 18.2 Å². The van der Waals surface area contributed by atoms with Gasteiger partial charge in [-0.1, -0.05) is 34.1 Å². The summed E-state index contributed by atoms with van der Waals surface area (Å²) in [6.07, 6.45) is 0.413. The Hall–Kier alpha value is -0.830. The van der Waals surface area contributed by atoms with Crippen molar-refractivity contribution < 1.29 is 9.53 Å². The highest BCUT2D eigenvalue weighted by Gasteiger charge is 2.22. The third kappa shape index (κ3) is 1.14. The zero-order valence-electron chi connectivity index (χ0n) is 6.34. The van der Waals surface area contributed by atoms with Crippen molar-refractivity contribution in [2.75, 3.05) is 0 Å². The number of para-hydroxylation sites is 1.